The van der Waals surface area contributed by atoms with Gasteiger partial charge in [0.2, 0.25) is 5.91 Å². The number of amides is 1. The lowest BCUT2D eigenvalue weighted by Crippen LogP contribution is -2.12. The van der Waals surface area contributed by atoms with Gasteiger partial charge in [-0.3, -0.25) is 4.79 Å². The molecule has 0 aliphatic heterocycles. The summed E-state index contributed by atoms with van der Waals surface area (Å²) in [5.74, 6) is 0.397. The van der Waals surface area contributed by atoms with E-state index in [4.69, 9.17) is 5.73 Å². The van der Waals surface area contributed by atoms with E-state index >= 15 is 0 Å². The Kier molecular flexibility index (Phi) is 4.52. The van der Waals surface area contributed by atoms with E-state index in [0.29, 0.717) is 24.3 Å². The quantitative estimate of drug-likeness (QED) is 0.910. The van der Waals surface area contributed by atoms with Crippen molar-refractivity contribution in [1.29, 1.82) is 0 Å². The predicted molar refractivity (Wildman–Crippen MR) is 79.7 cm³/mol. The molecule has 2 rings (SSSR count). The van der Waals surface area contributed by atoms with Crippen LogP contribution in [0.3, 0.4) is 0 Å². The molecule has 1 aromatic carbocycles. The Morgan fingerprint density at radius 2 is 2.05 bits per heavy atom. The zero-order valence-electron chi connectivity index (χ0n) is 10.3. The van der Waals surface area contributed by atoms with Crippen molar-refractivity contribution in [2.45, 2.75) is 12.8 Å². The van der Waals surface area contributed by atoms with E-state index in [0.717, 1.165) is 10.0 Å². The Balaban J connectivity index is 1.88. The van der Waals surface area contributed by atoms with Gasteiger partial charge in [0, 0.05) is 10.9 Å². The molecule has 0 radical (unpaired) electrons. The maximum Gasteiger partial charge on any atom is 0.224 e. The summed E-state index contributed by atoms with van der Waals surface area (Å²) in [4.78, 5) is 15.7. The summed E-state index contributed by atoms with van der Waals surface area (Å²) in [5, 5.41) is 2.79. The highest BCUT2D eigenvalue weighted by Gasteiger charge is 2.05. The molecule has 0 bridgehead atoms. The van der Waals surface area contributed by atoms with Gasteiger partial charge in [-0.2, -0.15) is 0 Å². The molecule has 0 aliphatic rings. The monoisotopic (exact) mass is 319 g/mol. The number of aryl methyl sites for hydroxylation is 1. The molecule has 2 aromatic rings. The van der Waals surface area contributed by atoms with Crippen LogP contribution in [0, 0.1) is 0 Å². The first-order valence-electron chi connectivity index (χ1n) is 5.90. The molecule has 98 valence electrons. The van der Waals surface area contributed by atoms with E-state index < -0.39 is 0 Å². The van der Waals surface area contributed by atoms with Crippen molar-refractivity contribution in [3.8, 4) is 0 Å². The first-order chi connectivity index (χ1) is 9.15. The first-order valence-corrected chi connectivity index (χ1v) is 6.69. The van der Waals surface area contributed by atoms with Crippen LogP contribution < -0.4 is 11.1 Å². The van der Waals surface area contributed by atoms with E-state index in [1.165, 1.54) is 0 Å². The van der Waals surface area contributed by atoms with E-state index in [1.807, 2.05) is 24.3 Å². The normalized spacial score (nSPS) is 10.2. The number of nitrogens with zero attached hydrogens (tertiary/aromatic N) is 1. The number of carbonyl (C=O) groups is 1. The highest BCUT2D eigenvalue weighted by Crippen LogP contribution is 2.17. The number of nitrogens with one attached hydrogen (secondary N) is 1. The molecule has 19 heavy (non-hydrogen) atoms. The number of rotatable bonds is 4. The number of halogens is 1. The summed E-state index contributed by atoms with van der Waals surface area (Å²) < 4.78 is 1.02. The number of anilines is 2. The summed E-state index contributed by atoms with van der Waals surface area (Å²) in [6.45, 7) is 0. The fraction of sp³-hybridized carbons (Fsp3) is 0.143. The summed E-state index contributed by atoms with van der Waals surface area (Å²) in [6.07, 6.45) is 2.66. The minimum absolute atomic E-state index is 0.0395. The van der Waals surface area contributed by atoms with Crippen LogP contribution in [0.4, 0.5) is 11.5 Å². The van der Waals surface area contributed by atoms with Crippen molar-refractivity contribution >= 4 is 33.3 Å². The number of nitrogens with two attached hydrogens (primary N) is 1. The van der Waals surface area contributed by atoms with Crippen LogP contribution in [-0.4, -0.2) is 10.9 Å². The van der Waals surface area contributed by atoms with E-state index in [9.17, 15) is 4.79 Å². The maximum atomic E-state index is 11.8. The van der Waals surface area contributed by atoms with Gasteiger partial charge in [-0.15, -0.1) is 0 Å². The fourth-order valence-corrected chi connectivity index (χ4v) is 2.14. The minimum atomic E-state index is -0.0395. The third-order valence-corrected chi connectivity index (χ3v) is 3.42. The Morgan fingerprint density at radius 3 is 2.74 bits per heavy atom. The van der Waals surface area contributed by atoms with Gasteiger partial charge in [-0.25, -0.2) is 4.98 Å². The molecule has 1 heterocycles. The van der Waals surface area contributed by atoms with Crippen LogP contribution in [0.1, 0.15) is 12.0 Å². The lowest BCUT2D eigenvalue weighted by Gasteiger charge is -2.06. The molecule has 0 atom stereocenters. The van der Waals surface area contributed by atoms with Crippen LogP contribution in [0.15, 0.2) is 47.1 Å². The van der Waals surface area contributed by atoms with Gasteiger partial charge < -0.3 is 11.1 Å². The number of hydrogen-bond donors (Lipinski definition) is 2. The van der Waals surface area contributed by atoms with E-state index in [1.54, 1.807) is 18.3 Å². The van der Waals surface area contributed by atoms with Crippen LogP contribution in [0.25, 0.3) is 0 Å². The second-order valence-corrected chi connectivity index (χ2v) is 4.97. The standard InChI is InChI=1S/C14H14BrN3O/c15-12-4-2-1-3-10(12)5-8-14(19)18-11-6-7-13(16)17-9-11/h1-4,6-7,9H,5,8H2,(H2,16,17)(H,18,19). The minimum Gasteiger partial charge on any atom is -0.384 e. The number of benzene rings is 1. The number of pyridine rings is 1. The van der Waals surface area contributed by atoms with Crippen LogP contribution >= 0.6 is 15.9 Å². The fourth-order valence-electron chi connectivity index (χ4n) is 1.65. The zero-order valence-corrected chi connectivity index (χ0v) is 11.9. The molecule has 1 amide bonds. The van der Waals surface area contributed by atoms with Gasteiger partial charge in [0.25, 0.3) is 0 Å². The molecule has 0 spiro atoms. The van der Waals surface area contributed by atoms with Gasteiger partial charge in [0.05, 0.1) is 11.9 Å². The molecule has 0 aliphatic carbocycles. The van der Waals surface area contributed by atoms with Crippen molar-refractivity contribution in [3.63, 3.8) is 0 Å². The molecule has 0 unspecified atom stereocenters. The van der Waals surface area contributed by atoms with Gasteiger partial charge in [-0.1, -0.05) is 34.1 Å². The third kappa shape index (κ3) is 4.06. The van der Waals surface area contributed by atoms with Crippen molar-refractivity contribution in [2.24, 2.45) is 0 Å². The van der Waals surface area contributed by atoms with Gasteiger partial charge >= 0.3 is 0 Å². The zero-order chi connectivity index (χ0) is 13.7. The topological polar surface area (TPSA) is 68.0 Å². The van der Waals surface area contributed by atoms with Crippen molar-refractivity contribution < 1.29 is 4.79 Å². The largest absolute Gasteiger partial charge is 0.384 e. The van der Waals surface area contributed by atoms with E-state index in [2.05, 4.69) is 26.2 Å². The molecule has 0 saturated heterocycles. The third-order valence-electron chi connectivity index (χ3n) is 2.65. The number of carbonyl (C=O) groups excluding carboxylic acids is 1. The summed E-state index contributed by atoms with van der Waals surface area (Å²) in [7, 11) is 0. The molecule has 0 fully saturated rings. The second-order valence-electron chi connectivity index (χ2n) is 4.11. The molecular formula is C14H14BrN3O. The highest BCUT2D eigenvalue weighted by molar-refractivity contribution is 9.10. The predicted octanol–water partition coefficient (Wildman–Crippen LogP) is 3.00. The maximum absolute atomic E-state index is 11.8. The van der Waals surface area contributed by atoms with Crippen LogP contribution in [0.2, 0.25) is 0 Å². The van der Waals surface area contributed by atoms with Gasteiger partial charge in [0.1, 0.15) is 5.82 Å². The molecule has 1 aromatic heterocycles. The lowest BCUT2D eigenvalue weighted by atomic mass is 10.1. The second kappa shape index (κ2) is 6.33. The Bertz CT molecular complexity index is 569. The Hall–Kier alpha value is -1.88. The Morgan fingerprint density at radius 1 is 1.26 bits per heavy atom. The molecular weight excluding hydrogens is 306 g/mol. The summed E-state index contributed by atoms with van der Waals surface area (Å²) in [5.41, 5.74) is 7.26. The van der Waals surface area contributed by atoms with Crippen molar-refractivity contribution in [2.75, 3.05) is 11.1 Å². The number of aromatic nitrogens is 1. The average molecular weight is 320 g/mol. The van der Waals surface area contributed by atoms with Gasteiger partial charge in [-0.05, 0) is 30.2 Å². The van der Waals surface area contributed by atoms with Crippen LogP contribution in [0.5, 0.6) is 0 Å². The molecule has 4 nitrogen and oxygen atoms in total. The molecule has 3 N–H and O–H groups in total. The number of nitrogen functional groups attached to an aromatic ring is 1. The SMILES string of the molecule is Nc1ccc(NC(=O)CCc2ccccc2Br)cn1. The average Bonchev–Trinajstić information content (AvgIpc) is 2.40. The van der Waals surface area contributed by atoms with Crippen molar-refractivity contribution in [3.05, 3.63) is 52.6 Å². The van der Waals surface area contributed by atoms with Crippen LogP contribution in [-0.2, 0) is 11.2 Å². The van der Waals surface area contributed by atoms with Gasteiger partial charge in [0.15, 0.2) is 0 Å². The van der Waals surface area contributed by atoms with E-state index in [-0.39, 0.29) is 5.91 Å². The Labute approximate surface area is 120 Å². The summed E-state index contributed by atoms with van der Waals surface area (Å²) in [6, 6.07) is 11.3. The highest BCUT2D eigenvalue weighted by atomic mass is 79.9. The smallest absolute Gasteiger partial charge is 0.224 e. The lowest BCUT2D eigenvalue weighted by molar-refractivity contribution is -0.116. The number of hydrogen-bond acceptors (Lipinski definition) is 3. The first kappa shape index (κ1) is 13.5. The molecule has 0 saturated carbocycles. The summed E-state index contributed by atoms with van der Waals surface area (Å²) >= 11 is 3.47. The molecule has 5 heteroatoms. The van der Waals surface area contributed by atoms with Crippen molar-refractivity contribution in [1.82, 2.24) is 4.98 Å².